The van der Waals surface area contributed by atoms with Crippen LogP contribution >= 0.6 is 0 Å². The van der Waals surface area contributed by atoms with Gasteiger partial charge in [0, 0.05) is 0 Å². The first kappa shape index (κ1) is 20.4. The minimum Gasteiger partial charge on any atom is -0.480 e. The molecule has 0 saturated carbocycles. The fourth-order valence-electron chi connectivity index (χ4n) is 2.95. The van der Waals surface area contributed by atoms with Crippen molar-refractivity contribution in [1.82, 2.24) is 4.90 Å². The van der Waals surface area contributed by atoms with E-state index in [2.05, 4.69) is 11.8 Å². The molecular weight excluding hydrogens is 262 g/mol. The highest BCUT2D eigenvalue weighted by Crippen LogP contribution is 2.14. The van der Waals surface area contributed by atoms with Gasteiger partial charge in [-0.1, -0.05) is 85.0 Å². The second-order valence-electron chi connectivity index (χ2n) is 6.05. The molecule has 0 aromatic heterocycles. The van der Waals surface area contributed by atoms with Gasteiger partial charge in [0.1, 0.15) is 6.04 Å². The number of likely N-dealkylation sites (N-methyl/N-ethyl adjacent to an activating group) is 1. The van der Waals surface area contributed by atoms with E-state index in [1.54, 1.807) is 0 Å². The van der Waals surface area contributed by atoms with Crippen LogP contribution in [0, 0.1) is 0 Å². The Kier molecular flexibility index (Phi) is 14.0. The SMILES string of the molecule is CCCCCCCCCCCCC(C(=O)O)N(CC)CC. The zero-order chi connectivity index (χ0) is 15.9. The molecule has 0 fully saturated rings. The standard InChI is InChI=1S/C18H37NO2/c1-4-7-8-9-10-11-12-13-14-15-16-17(18(20)21)19(5-2)6-3/h17H,4-16H2,1-3H3,(H,20,21). The molecule has 0 bridgehead atoms. The lowest BCUT2D eigenvalue weighted by molar-refractivity contribution is -0.143. The van der Waals surface area contributed by atoms with Gasteiger partial charge in [-0.15, -0.1) is 0 Å². The van der Waals surface area contributed by atoms with Crippen molar-refractivity contribution in [2.45, 2.75) is 97.4 Å². The molecule has 0 amide bonds. The Morgan fingerprint density at radius 1 is 0.810 bits per heavy atom. The highest BCUT2D eigenvalue weighted by molar-refractivity contribution is 5.73. The molecule has 0 heterocycles. The summed E-state index contributed by atoms with van der Waals surface area (Å²) in [5, 5.41) is 9.31. The molecule has 126 valence electrons. The van der Waals surface area contributed by atoms with Crippen molar-refractivity contribution in [2.24, 2.45) is 0 Å². The zero-order valence-electron chi connectivity index (χ0n) is 14.6. The Labute approximate surface area is 132 Å². The summed E-state index contributed by atoms with van der Waals surface area (Å²) in [7, 11) is 0. The van der Waals surface area contributed by atoms with Crippen LogP contribution in [0.15, 0.2) is 0 Å². The third kappa shape index (κ3) is 10.8. The summed E-state index contributed by atoms with van der Waals surface area (Å²) in [6, 6.07) is -0.283. The lowest BCUT2D eigenvalue weighted by atomic mass is 10.0. The predicted octanol–water partition coefficient (Wildman–Crippen LogP) is 5.09. The number of carbonyl (C=O) groups is 1. The molecule has 1 N–H and O–H groups in total. The lowest BCUT2D eigenvalue weighted by Crippen LogP contribution is -2.40. The van der Waals surface area contributed by atoms with Crippen LogP contribution in [0.25, 0.3) is 0 Å². The van der Waals surface area contributed by atoms with E-state index in [1.165, 1.54) is 57.8 Å². The van der Waals surface area contributed by atoms with Gasteiger partial charge in [-0.25, -0.2) is 0 Å². The van der Waals surface area contributed by atoms with E-state index in [0.29, 0.717) is 0 Å². The number of nitrogens with zero attached hydrogens (tertiary/aromatic N) is 1. The molecule has 0 spiro atoms. The van der Waals surface area contributed by atoms with Crippen molar-refractivity contribution in [1.29, 1.82) is 0 Å². The summed E-state index contributed by atoms with van der Waals surface area (Å²) < 4.78 is 0. The van der Waals surface area contributed by atoms with Crippen LogP contribution in [0.2, 0.25) is 0 Å². The van der Waals surface area contributed by atoms with Crippen LogP contribution in [-0.2, 0) is 4.79 Å². The topological polar surface area (TPSA) is 40.5 Å². The first-order valence-electron chi connectivity index (χ1n) is 9.14. The van der Waals surface area contributed by atoms with E-state index >= 15 is 0 Å². The van der Waals surface area contributed by atoms with Crippen LogP contribution < -0.4 is 0 Å². The average Bonchev–Trinajstić information content (AvgIpc) is 2.48. The van der Waals surface area contributed by atoms with E-state index in [4.69, 9.17) is 0 Å². The fourth-order valence-corrected chi connectivity index (χ4v) is 2.95. The molecule has 1 atom stereocenters. The van der Waals surface area contributed by atoms with E-state index < -0.39 is 5.97 Å². The maximum absolute atomic E-state index is 11.3. The van der Waals surface area contributed by atoms with E-state index in [9.17, 15) is 9.90 Å². The lowest BCUT2D eigenvalue weighted by Gasteiger charge is -2.26. The summed E-state index contributed by atoms with van der Waals surface area (Å²) in [6.07, 6.45) is 13.8. The van der Waals surface area contributed by atoms with Crippen LogP contribution in [0.3, 0.4) is 0 Å². The third-order valence-electron chi connectivity index (χ3n) is 4.37. The highest BCUT2D eigenvalue weighted by Gasteiger charge is 2.22. The molecule has 0 saturated heterocycles. The molecule has 21 heavy (non-hydrogen) atoms. The molecule has 0 aromatic rings. The maximum atomic E-state index is 11.3. The van der Waals surface area contributed by atoms with Crippen LogP contribution in [0.1, 0.15) is 91.4 Å². The van der Waals surface area contributed by atoms with Gasteiger partial charge in [0.05, 0.1) is 0 Å². The number of aliphatic carboxylic acids is 1. The fraction of sp³-hybridized carbons (Fsp3) is 0.944. The van der Waals surface area contributed by atoms with Gasteiger partial charge >= 0.3 is 5.97 Å². The second kappa shape index (κ2) is 14.4. The molecule has 1 unspecified atom stereocenters. The van der Waals surface area contributed by atoms with Gasteiger partial charge < -0.3 is 5.11 Å². The third-order valence-corrected chi connectivity index (χ3v) is 4.37. The summed E-state index contributed by atoms with van der Waals surface area (Å²) >= 11 is 0. The van der Waals surface area contributed by atoms with Crippen molar-refractivity contribution < 1.29 is 9.90 Å². The summed E-state index contributed by atoms with van der Waals surface area (Å²) in [4.78, 5) is 13.4. The molecule has 0 aliphatic rings. The molecular formula is C18H37NO2. The van der Waals surface area contributed by atoms with Crippen molar-refractivity contribution in [2.75, 3.05) is 13.1 Å². The normalized spacial score (nSPS) is 12.8. The highest BCUT2D eigenvalue weighted by atomic mass is 16.4. The Morgan fingerprint density at radius 2 is 1.24 bits per heavy atom. The van der Waals surface area contributed by atoms with Crippen molar-refractivity contribution in [3.63, 3.8) is 0 Å². The molecule has 0 radical (unpaired) electrons. The molecule has 0 aromatic carbocycles. The average molecular weight is 299 g/mol. The number of unbranched alkanes of at least 4 members (excludes halogenated alkanes) is 9. The number of carboxylic acids is 1. The van der Waals surface area contributed by atoms with Gasteiger partial charge in [0.15, 0.2) is 0 Å². The van der Waals surface area contributed by atoms with Crippen molar-refractivity contribution >= 4 is 5.97 Å². The van der Waals surface area contributed by atoms with Crippen LogP contribution in [0.5, 0.6) is 0 Å². The van der Waals surface area contributed by atoms with Gasteiger partial charge in [-0.2, -0.15) is 0 Å². The Balaban J connectivity index is 3.57. The van der Waals surface area contributed by atoms with Gasteiger partial charge in [0.2, 0.25) is 0 Å². The van der Waals surface area contributed by atoms with Crippen LogP contribution in [0.4, 0.5) is 0 Å². The minimum absolute atomic E-state index is 0.283. The summed E-state index contributed by atoms with van der Waals surface area (Å²) in [5.41, 5.74) is 0. The second-order valence-corrected chi connectivity index (χ2v) is 6.05. The van der Waals surface area contributed by atoms with E-state index in [0.717, 1.165) is 25.9 Å². The van der Waals surface area contributed by atoms with Gasteiger partial charge in [-0.05, 0) is 19.5 Å². The number of hydrogen-bond donors (Lipinski definition) is 1. The minimum atomic E-state index is -0.658. The van der Waals surface area contributed by atoms with E-state index in [-0.39, 0.29) is 6.04 Å². The Bertz CT molecular complexity index is 239. The summed E-state index contributed by atoms with van der Waals surface area (Å²) in [5.74, 6) is -0.658. The monoisotopic (exact) mass is 299 g/mol. The number of carboxylic acid groups (broad SMARTS) is 1. The van der Waals surface area contributed by atoms with E-state index in [1.807, 2.05) is 13.8 Å². The summed E-state index contributed by atoms with van der Waals surface area (Å²) in [6.45, 7) is 7.98. The maximum Gasteiger partial charge on any atom is 0.320 e. The Morgan fingerprint density at radius 3 is 1.62 bits per heavy atom. The van der Waals surface area contributed by atoms with Gasteiger partial charge in [0.25, 0.3) is 0 Å². The van der Waals surface area contributed by atoms with Crippen LogP contribution in [-0.4, -0.2) is 35.1 Å². The molecule has 3 nitrogen and oxygen atoms in total. The quantitative estimate of drug-likeness (QED) is 0.428. The zero-order valence-corrected chi connectivity index (χ0v) is 14.6. The first-order valence-corrected chi connectivity index (χ1v) is 9.14. The van der Waals surface area contributed by atoms with Gasteiger partial charge in [-0.3, -0.25) is 9.69 Å². The first-order chi connectivity index (χ1) is 10.2. The largest absolute Gasteiger partial charge is 0.480 e. The number of rotatable bonds is 15. The molecule has 3 heteroatoms. The molecule has 0 rings (SSSR count). The molecule has 0 aliphatic carbocycles. The predicted molar refractivity (Wildman–Crippen MR) is 90.8 cm³/mol. The Hall–Kier alpha value is -0.570. The smallest absolute Gasteiger partial charge is 0.320 e. The number of hydrogen-bond acceptors (Lipinski definition) is 2. The van der Waals surface area contributed by atoms with Crippen molar-refractivity contribution in [3.05, 3.63) is 0 Å². The van der Waals surface area contributed by atoms with Crippen molar-refractivity contribution in [3.8, 4) is 0 Å². The molecule has 0 aliphatic heterocycles.